The smallest absolute Gasteiger partial charge is 0.240 e. The van der Waals surface area contributed by atoms with Gasteiger partial charge in [-0.25, -0.2) is 8.42 Å². The molecule has 1 amide bonds. The number of hydrogen-bond acceptors (Lipinski definition) is 4. The number of amides is 1. The van der Waals surface area contributed by atoms with Crippen LogP contribution in [0.15, 0.2) is 53.0 Å². The minimum absolute atomic E-state index is 0.242. The van der Waals surface area contributed by atoms with Crippen molar-refractivity contribution in [1.82, 2.24) is 5.32 Å². The number of para-hydroxylation sites is 2. The van der Waals surface area contributed by atoms with E-state index in [1.165, 1.54) is 11.3 Å². The lowest BCUT2D eigenvalue weighted by molar-refractivity contribution is -0.119. The van der Waals surface area contributed by atoms with Gasteiger partial charge in [-0.3, -0.25) is 9.10 Å². The van der Waals surface area contributed by atoms with Crippen molar-refractivity contribution in [2.45, 2.75) is 12.8 Å². The third kappa shape index (κ3) is 5.05. The van der Waals surface area contributed by atoms with Crippen molar-refractivity contribution in [1.29, 1.82) is 0 Å². The molecule has 0 unspecified atom stereocenters. The van der Waals surface area contributed by atoms with Crippen LogP contribution in [0.5, 0.6) is 0 Å². The Bertz CT molecular complexity index is 949. The first-order chi connectivity index (χ1) is 13.4. The Morgan fingerprint density at radius 3 is 2.64 bits per heavy atom. The van der Waals surface area contributed by atoms with Crippen molar-refractivity contribution < 1.29 is 13.2 Å². The van der Waals surface area contributed by atoms with Crippen LogP contribution < -0.4 is 14.5 Å². The molecule has 150 valence electrons. The number of anilines is 2. The third-order valence-electron chi connectivity index (χ3n) is 4.72. The summed E-state index contributed by atoms with van der Waals surface area (Å²) in [6.45, 7) is 2.12. The van der Waals surface area contributed by atoms with Crippen LogP contribution in [0, 0.1) is 0 Å². The van der Waals surface area contributed by atoms with E-state index >= 15 is 0 Å². The number of nitrogens with zero attached hydrogens (tertiary/aromatic N) is 2. The second-order valence-electron chi connectivity index (χ2n) is 6.79. The zero-order chi connectivity index (χ0) is 20.1. The highest BCUT2D eigenvalue weighted by atomic mass is 79.9. The molecule has 2 aromatic rings. The van der Waals surface area contributed by atoms with Crippen LogP contribution in [-0.2, 0) is 21.2 Å². The molecule has 1 aliphatic rings. The van der Waals surface area contributed by atoms with E-state index in [-0.39, 0.29) is 12.5 Å². The molecule has 0 bridgehead atoms. The largest absolute Gasteiger partial charge is 0.371 e. The number of rotatable bonds is 8. The van der Waals surface area contributed by atoms with E-state index in [0.717, 1.165) is 36.5 Å². The van der Waals surface area contributed by atoms with Gasteiger partial charge in [0.2, 0.25) is 15.9 Å². The molecule has 28 heavy (non-hydrogen) atoms. The third-order valence-corrected chi connectivity index (χ3v) is 6.52. The van der Waals surface area contributed by atoms with Gasteiger partial charge in [0.15, 0.2) is 0 Å². The van der Waals surface area contributed by atoms with Crippen LogP contribution in [-0.4, -0.2) is 46.8 Å². The molecule has 6 nitrogen and oxygen atoms in total. The molecule has 0 aromatic heterocycles. The number of benzene rings is 2. The van der Waals surface area contributed by atoms with E-state index in [0.29, 0.717) is 16.7 Å². The zero-order valence-electron chi connectivity index (χ0n) is 15.8. The van der Waals surface area contributed by atoms with Crippen LogP contribution in [0.1, 0.15) is 12.0 Å². The Hall–Kier alpha value is -2.06. The van der Waals surface area contributed by atoms with Crippen molar-refractivity contribution in [3.63, 3.8) is 0 Å². The maximum Gasteiger partial charge on any atom is 0.240 e. The summed E-state index contributed by atoms with van der Waals surface area (Å²) in [4.78, 5) is 14.7. The van der Waals surface area contributed by atoms with Gasteiger partial charge in [-0.05, 0) is 52.5 Å². The first-order valence-corrected chi connectivity index (χ1v) is 11.8. The highest BCUT2D eigenvalue weighted by molar-refractivity contribution is 9.10. The van der Waals surface area contributed by atoms with E-state index in [9.17, 15) is 13.2 Å². The Morgan fingerprint density at radius 2 is 1.89 bits per heavy atom. The highest BCUT2D eigenvalue weighted by Gasteiger charge is 2.22. The molecule has 0 radical (unpaired) electrons. The fraction of sp³-hybridized carbons (Fsp3) is 0.350. The molecule has 0 atom stereocenters. The maximum absolute atomic E-state index is 12.3. The number of hydrogen-bond donors (Lipinski definition) is 1. The summed E-state index contributed by atoms with van der Waals surface area (Å²) in [6.07, 6.45) is 2.95. The quantitative estimate of drug-likeness (QED) is 0.608. The maximum atomic E-state index is 12.3. The lowest BCUT2D eigenvalue weighted by Gasteiger charge is -2.23. The molecule has 1 heterocycles. The Labute approximate surface area is 174 Å². The van der Waals surface area contributed by atoms with Gasteiger partial charge in [-0.15, -0.1) is 0 Å². The van der Waals surface area contributed by atoms with Gasteiger partial charge < -0.3 is 10.2 Å². The lowest BCUT2D eigenvalue weighted by Crippen LogP contribution is -2.41. The predicted octanol–water partition coefficient (Wildman–Crippen LogP) is 2.78. The average Bonchev–Trinajstić information content (AvgIpc) is 3.06. The van der Waals surface area contributed by atoms with E-state index in [4.69, 9.17) is 0 Å². The van der Waals surface area contributed by atoms with Gasteiger partial charge in [-0.2, -0.15) is 0 Å². The lowest BCUT2D eigenvalue weighted by atomic mass is 10.2. The predicted molar refractivity (Wildman–Crippen MR) is 116 cm³/mol. The minimum Gasteiger partial charge on any atom is -0.371 e. The Morgan fingerprint density at radius 1 is 1.18 bits per heavy atom. The van der Waals surface area contributed by atoms with E-state index in [2.05, 4.69) is 44.3 Å². The topological polar surface area (TPSA) is 69.7 Å². The molecule has 1 N–H and O–H groups in total. The minimum atomic E-state index is -3.58. The first kappa shape index (κ1) is 20.7. The number of carbonyl (C=O) groups excluding carboxylic acids is 1. The van der Waals surface area contributed by atoms with Crippen molar-refractivity contribution in [2.24, 2.45) is 0 Å². The van der Waals surface area contributed by atoms with Crippen molar-refractivity contribution in [3.8, 4) is 0 Å². The molecule has 8 heteroatoms. The van der Waals surface area contributed by atoms with Crippen molar-refractivity contribution in [3.05, 3.63) is 58.6 Å². The summed E-state index contributed by atoms with van der Waals surface area (Å²) < 4.78 is 26.1. The van der Waals surface area contributed by atoms with Gasteiger partial charge in [0, 0.05) is 29.8 Å². The number of fused-ring (bicyclic) bond motifs is 1. The molecule has 2 aromatic carbocycles. The molecule has 0 spiro atoms. The van der Waals surface area contributed by atoms with Crippen LogP contribution in [0.25, 0.3) is 0 Å². The summed E-state index contributed by atoms with van der Waals surface area (Å²) in [7, 11) is -3.58. The van der Waals surface area contributed by atoms with Gasteiger partial charge >= 0.3 is 0 Å². The molecule has 0 saturated carbocycles. The number of nitrogens with one attached hydrogen (secondary N) is 1. The first-order valence-electron chi connectivity index (χ1n) is 9.18. The summed E-state index contributed by atoms with van der Waals surface area (Å²) in [5, 5.41) is 2.84. The van der Waals surface area contributed by atoms with Crippen molar-refractivity contribution in [2.75, 3.05) is 41.6 Å². The molecule has 0 aliphatic carbocycles. The number of carbonyl (C=O) groups is 1. The molecular weight excluding hydrogens is 442 g/mol. The molecule has 3 rings (SSSR count). The fourth-order valence-corrected chi connectivity index (χ4v) is 4.84. The fourth-order valence-electron chi connectivity index (χ4n) is 3.36. The Balaban J connectivity index is 1.51. The standard InChI is InChI=1S/C20H24BrN3O3S/c1-28(26,27)24(19-10-5-3-8-17(19)21)15-20(25)22-12-6-13-23-14-11-16-7-2-4-9-18(16)23/h2-5,7-10H,6,11-15H2,1H3,(H,22,25). The zero-order valence-corrected chi connectivity index (χ0v) is 18.2. The van der Waals surface area contributed by atoms with E-state index in [1.807, 2.05) is 6.07 Å². The molecule has 0 saturated heterocycles. The van der Waals surface area contributed by atoms with Crippen LogP contribution in [0.3, 0.4) is 0 Å². The van der Waals surface area contributed by atoms with Crippen LogP contribution in [0.2, 0.25) is 0 Å². The van der Waals surface area contributed by atoms with Crippen LogP contribution >= 0.6 is 15.9 Å². The SMILES string of the molecule is CS(=O)(=O)N(CC(=O)NCCCN1CCc2ccccc21)c1ccccc1Br. The van der Waals surface area contributed by atoms with Gasteiger partial charge in [0.25, 0.3) is 0 Å². The summed E-state index contributed by atoms with van der Waals surface area (Å²) in [6, 6.07) is 15.3. The average molecular weight is 466 g/mol. The van der Waals surface area contributed by atoms with Gasteiger partial charge in [0.1, 0.15) is 6.54 Å². The normalized spacial score (nSPS) is 13.3. The van der Waals surface area contributed by atoms with E-state index in [1.54, 1.807) is 24.3 Å². The van der Waals surface area contributed by atoms with E-state index < -0.39 is 10.0 Å². The van der Waals surface area contributed by atoms with Crippen molar-refractivity contribution >= 4 is 43.2 Å². The Kier molecular flexibility index (Phi) is 6.61. The van der Waals surface area contributed by atoms with Gasteiger partial charge in [-0.1, -0.05) is 30.3 Å². The monoisotopic (exact) mass is 465 g/mol. The number of sulfonamides is 1. The molecular formula is C20H24BrN3O3S. The highest BCUT2D eigenvalue weighted by Crippen LogP contribution is 2.28. The molecule has 0 fully saturated rings. The number of halogens is 1. The second-order valence-corrected chi connectivity index (χ2v) is 9.55. The molecule has 1 aliphatic heterocycles. The van der Waals surface area contributed by atoms with Gasteiger partial charge in [0.05, 0.1) is 11.9 Å². The summed E-state index contributed by atoms with van der Waals surface area (Å²) in [5.74, 6) is -0.317. The summed E-state index contributed by atoms with van der Waals surface area (Å²) in [5.41, 5.74) is 3.09. The summed E-state index contributed by atoms with van der Waals surface area (Å²) >= 11 is 3.35. The second kappa shape index (κ2) is 8.96. The van der Waals surface area contributed by atoms with Crippen LogP contribution in [0.4, 0.5) is 11.4 Å².